The molecule has 0 radical (unpaired) electrons. The average molecular weight is 310 g/mol. The lowest BCUT2D eigenvalue weighted by molar-refractivity contribution is 0.774. The summed E-state index contributed by atoms with van der Waals surface area (Å²) >= 11 is 6.06. The molecule has 0 spiro atoms. The summed E-state index contributed by atoms with van der Waals surface area (Å²) in [6, 6.07) is 16.5. The normalized spacial score (nSPS) is 18.0. The van der Waals surface area contributed by atoms with Gasteiger partial charge in [0, 0.05) is 29.4 Å². The molecule has 3 aromatic rings. The third-order valence-corrected chi connectivity index (χ3v) is 4.57. The fraction of sp³-hybridized carbons (Fsp3) is 0.222. The smallest absolute Gasteiger partial charge is 0.139 e. The van der Waals surface area contributed by atoms with Gasteiger partial charge in [0.25, 0.3) is 0 Å². The third-order valence-electron chi connectivity index (χ3n) is 4.34. The van der Waals surface area contributed by atoms with Gasteiger partial charge in [-0.15, -0.1) is 0 Å². The predicted molar refractivity (Wildman–Crippen MR) is 90.6 cm³/mol. The molecule has 0 amide bonds. The van der Waals surface area contributed by atoms with Crippen molar-refractivity contribution in [2.45, 2.75) is 12.3 Å². The van der Waals surface area contributed by atoms with Gasteiger partial charge in [0.05, 0.1) is 5.52 Å². The van der Waals surface area contributed by atoms with Crippen molar-refractivity contribution in [3.05, 3.63) is 65.4 Å². The van der Waals surface area contributed by atoms with Crippen molar-refractivity contribution >= 4 is 28.3 Å². The molecule has 2 aromatic carbocycles. The van der Waals surface area contributed by atoms with Crippen LogP contribution in [0.5, 0.6) is 0 Å². The second kappa shape index (κ2) is 5.58. The summed E-state index contributed by atoms with van der Waals surface area (Å²) in [7, 11) is 0. The summed E-state index contributed by atoms with van der Waals surface area (Å²) < 4.78 is 0. The maximum Gasteiger partial charge on any atom is 0.139 e. The minimum atomic E-state index is 0.568. The summed E-state index contributed by atoms with van der Waals surface area (Å²) in [5.74, 6) is 1.58. The molecule has 110 valence electrons. The first-order valence-corrected chi connectivity index (χ1v) is 7.89. The van der Waals surface area contributed by atoms with E-state index in [-0.39, 0.29) is 0 Å². The zero-order valence-electron chi connectivity index (χ0n) is 12.1. The number of hydrogen-bond acceptors (Lipinski definition) is 3. The molecule has 1 aliphatic rings. The van der Waals surface area contributed by atoms with Crippen molar-refractivity contribution in [1.29, 1.82) is 0 Å². The Bertz CT molecular complexity index is 804. The van der Waals surface area contributed by atoms with Gasteiger partial charge < -0.3 is 4.90 Å². The molecule has 1 atom stereocenters. The molecule has 1 saturated heterocycles. The third kappa shape index (κ3) is 2.42. The van der Waals surface area contributed by atoms with Crippen molar-refractivity contribution < 1.29 is 0 Å². The van der Waals surface area contributed by atoms with E-state index in [1.54, 1.807) is 6.33 Å². The van der Waals surface area contributed by atoms with E-state index in [0.29, 0.717) is 10.9 Å². The average Bonchev–Trinajstić information content (AvgIpc) is 3.04. The Morgan fingerprint density at radius 2 is 1.91 bits per heavy atom. The molecular weight excluding hydrogens is 294 g/mol. The highest BCUT2D eigenvalue weighted by molar-refractivity contribution is 6.31. The van der Waals surface area contributed by atoms with E-state index in [2.05, 4.69) is 45.2 Å². The number of halogens is 1. The van der Waals surface area contributed by atoms with Crippen molar-refractivity contribution in [3.8, 4) is 0 Å². The molecule has 4 heteroatoms. The number of fused-ring (bicyclic) bond motifs is 1. The molecule has 4 rings (SSSR count). The van der Waals surface area contributed by atoms with Gasteiger partial charge in [-0.3, -0.25) is 0 Å². The quantitative estimate of drug-likeness (QED) is 0.707. The van der Waals surface area contributed by atoms with Crippen LogP contribution in [0.3, 0.4) is 0 Å². The molecule has 0 bridgehead atoms. The Labute approximate surface area is 134 Å². The molecule has 0 saturated carbocycles. The highest BCUT2D eigenvalue weighted by Crippen LogP contribution is 2.33. The van der Waals surface area contributed by atoms with Crippen LogP contribution in [0.25, 0.3) is 10.9 Å². The second-order valence-electron chi connectivity index (χ2n) is 5.70. The molecule has 1 unspecified atom stereocenters. The number of nitrogens with zero attached hydrogens (tertiary/aromatic N) is 3. The van der Waals surface area contributed by atoms with E-state index in [0.717, 1.165) is 36.2 Å². The van der Waals surface area contributed by atoms with Crippen LogP contribution in [0.4, 0.5) is 5.82 Å². The predicted octanol–water partition coefficient (Wildman–Crippen LogP) is 4.28. The maximum atomic E-state index is 6.06. The molecule has 1 fully saturated rings. The zero-order chi connectivity index (χ0) is 14.9. The number of anilines is 1. The van der Waals surface area contributed by atoms with E-state index in [9.17, 15) is 0 Å². The minimum absolute atomic E-state index is 0.568. The standard InChI is InChI=1S/C18H16ClN3/c19-15-6-7-16-17(10-15)20-12-21-18(16)22-9-8-14(11-22)13-4-2-1-3-5-13/h1-7,10,12,14H,8-9,11H2. The molecule has 0 aliphatic carbocycles. The van der Waals surface area contributed by atoms with E-state index in [4.69, 9.17) is 11.6 Å². The fourth-order valence-corrected chi connectivity index (χ4v) is 3.38. The molecule has 0 N–H and O–H groups in total. The number of benzene rings is 2. The lowest BCUT2D eigenvalue weighted by Crippen LogP contribution is -2.20. The summed E-state index contributed by atoms with van der Waals surface area (Å²) in [4.78, 5) is 11.2. The van der Waals surface area contributed by atoms with Gasteiger partial charge in [0.1, 0.15) is 12.1 Å². The van der Waals surface area contributed by atoms with Gasteiger partial charge in [-0.1, -0.05) is 41.9 Å². The molecule has 1 aromatic heterocycles. The van der Waals surface area contributed by atoms with E-state index in [1.807, 2.05) is 18.2 Å². The van der Waals surface area contributed by atoms with Crippen molar-refractivity contribution in [2.24, 2.45) is 0 Å². The summed E-state index contributed by atoms with van der Waals surface area (Å²) in [6.45, 7) is 2.02. The first-order chi connectivity index (χ1) is 10.8. The van der Waals surface area contributed by atoms with Gasteiger partial charge in [0.2, 0.25) is 0 Å². The molecule has 2 heterocycles. The Kier molecular flexibility index (Phi) is 3.43. The number of rotatable bonds is 2. The SMILES string of the molecule is Clc1ccc2c(N3CCC(c4ccccc4)C3)ncnc2c1. The van der Waals surface area contributed by atoms with Crippen LogP contribution in [0, 0.1) is 0 Å². The van der Waals surface area contributed by atoms with Gasteiger partial charge in [-0.25, -0.2) is 9.97 Å². The Balaban J connectivity index is 1.66. The summed E-state index contributed by atoms with van der Waals surface area (Å²) in [5, 5.41) is 1.78. The van der Waals surface area contributed by atoms with Crippen molar-refractivity contribution in [2.75, 3.05) is 18.0 Å². The van der Waals surface area contributed by atoms with Crippen LogP contribution < -0.4 is 4.90 Å². The first kappa shape index (κ1) is 13.5. The highest BCUT2D eigenvalue weighted by Gasteiger charge is 2.25. The van der Waals surface area contributed by atoms with Crippen LogP contribution in [0.1, 0.15) is 17.9 Å². The highest BCUT2D eigenvalue weighted by atomic mass is 35.5. The fourth-order valence-electron chi connectivity index (χ4n) is 3.22. The largest absolute Gasteiger partial charge is 0.355 e. The monoisotopic (exact) mass is 309 g/mol. The van der Waals surface area contributed by atoms with Crippen LogP contribution in [0.15, 0.2) is 54.9 Å². The number of hydrogen-bond donors (Lipinski definition) is 0. The van der Waals surface area contributed by atoms with Crippen LogP contribution in [-0.4, -0.2) is 23.1 Å². The zero-order valence-corrected chi connectivity index (χ0v) is 12.9. The van der Waals surface area contributed by atoms with Crippen molar-refractivity contribution in [1.82, 2.24) is 9.97 Å². The van der Waals surface area contributed by atoms with Gasteiger partial charge >= 0.3 is 0 Å². The van der Waals surface area contributed by atoms with E-state index < -0.39 is 0 Å². The molecular formula is C18H16ClN3. The first-order valence-electron chi connectivity index (χ1n) is 7.51. The minimum Gasteiger partial charge on any atom is -0.355 e. The molecule has 1 aliphatic heterocycles. The Morgan fingerprint density at radius 1 is 1.05 bits per heavy atom. The van der Waals surface area contributed by atoms with Crippen molar-refractivity contribution in [3.63, 3.8) is 0 Å². The summed E-state index contributed by atoms with van der Waals surface area (Å²) in [6.07, 6.45) is 2.78. The van der Waals surface area contributed by atoms with Crippen LogP contribution in [0.2, 0.25) is 5.02 Å². The maximum absolute atomic E-state index is 6.06. The molecule has 3 nitrogen and oxygen atoms in total. The molecule has 22 heavy (non-hydrogen) atoms. The number of aromatic nitrogens is 2. The lowest BCUT2D eigenvalue weighted by atomic mass is 9.99. The van der Waals surface area contributed by atoms with E-state index in [1.165, 1.54) is 5.56 Å². The summed E-state index contributed by atoms with van der Waals surface area (Å²) in [5.41, 5.74) is 2.31. The van der Waals surface area contributed by atoms with E-state index >= 15 is 0 Å². The van der Waals surface area contributed by atoms with Gasteiger partial charge in [0.15, 0.2) is 0 Å². The second-order valence-corrected chi connectivity index (χ2v) is 6.14. The van der Waals surface area contributed by atoms with Gasteiger partial charge in [-0.05, 0) is 30.2 Å². The Morgan fingerprint density at radius 3 is 2.77 bits per heavy atom. The van der Waals surface area contributed by atoms with Crippen LogP contribution >= 0.6 is 11.6 Å². The topological polar surface area (TPSA) is 29.0 Å². The lowest BCUT2D eigenvalue weighted by Gasteiger charge is -2.19. The Hall–Kier alpha value is -2.13. The van der Waals surface area contributed by atoms with Gasteiger partial charge in [-0.2, -0.15) is 0 Å². The van der Waals surface area contributed by atoms with Crippen LogP contribution in [-0.2, 0) is 0 Å².